The zero-order valence-corrected chi connectivity index (χ0v) is 21.4. The van der Waals surface area contributed by atoms with Crippen LogP contribution in [0.2, 0.25) is 10.0 Å². The highest BCUT2D eigenvalue weighted by molar-refractivity contribution is 6.35. The zero-order valence-electron chi connectivity index (χ0n) is 19.9. The Morgan fingerprint density at radius 1 is 1.11 bits per heavy atom. The molecule has 7 nitrogen and oxygen atoms in total. The van der Waals surface area contributed by atoms with E-state index in [-0.39, 0.29) is 18.9 Å². The third-order valence-corrected chi connectivity index (χ3v) is 8.22. The maximum Gasteiger partial charge on any atom is 0.326 e. The third-order valence-electron chi connectivity index (χ3n) is 7.51. The number of rotatable bonds is 9. The summed E-state index contributed by atoms with van der Waals surface area (Å²) in [6.07, 6.45) is 1.04. The van der Waals surface area contributed by atoms with Crippen LogP contribution in [-0.2, 0) is 27.4 Å². The van der Waals surface area contributed by atoms with Crippen molar-refractivity contribution in [3.63, 3.8) is 0 Å². The van der Waals surface area contributed by atoms with Crippen molar-refractivity contribution >= 4 is 41.0 Å². The summed E-state index contributed by atoms with van der Waals surface area (Å²) in [5.74, 6) is -1.93. The minimum absolute atomic E-state index is 0.0952. The monoisotopic (exact) mass is 520 g/mol. The summed E-state index contributed by atoms with van der Waals surface area (Å²) in [5, 5.41) is 13.4. The molecule has 3 atom stereocenters. The first-order valence-electron chi connectivity index (χ1n) is 11.3. The third kappa shape index (κ3) is 5.57. The molecule has 4 N–H and O–H groups in total. The van der Waals surface area contributed by atoms with Crippen molar-refractivity contribution in [2.24, 2.45) is 22.5 Å². The number of carbonyl (C=O) groups is 3. The number of amides is 2. The van der Waals surface area contributed by atoms with Crippen molar-refractivity contribution in [2.75, 3.05) is 0 Å². The van der Waals surface area contributed by atoms with E-state index in [0.29, 0.717) is 39.8 Å². The number of carbonyl (C=O) groups excluding carboxylic acids is 2. The van der Waals surface area contributed by atoms with Gasteiger partial charge in [0.25, 0.3) is 0 Å². The molecule has 3 rings (SSSR count). The van der Waals surface area contributed by atoms with Gasteiger partial charge < -0.3 is 20.9 Å². The quantitative estimate of drug-likeness (QED) is 0.445. The number of primary amides is 1. The molecule has 1 fully saturated rings. The number of benzene rings is 2. The van der Waals surface area contributed by atoms with Gasteiger partial charge in [0.1, 0.15) is 18.4 Å². The normalized spacial score (nSPS) is 21.8. The molecule has 0 radical (unpaired) electrons. The molecule has 1 aliphatic carbocycles. The van der Waals surface area contributed by atoms with Crippen LogP contribution in [0, 0.1) is 16.7 Å². The molecule has 2 aromatic rings. The maximum absolute atomic E-state index is 13.0. The number of nitrogens with one attached hydrogen (secondary N) is 1. The summed E-state index contributed by atoms with van der Waals surface area (Å²) < 4.78 is 5.76. The first-order valence-corrected chi connectivity index (χ1v) is 12.1. The van der Waals surface area contributed by atoms with Crippen LogP contribution in [0.3, 0.4) is 0 Å². The Balaban J connectivity index is 1.64. The average molecular weight is 521 g/mol. The van der Waals surface area contributed by atoms with E-state index >= 15 is 0 Å². The van der Waals surface area contributed by atoms with Gasteiger partial charge in [-0.3, -0.25) is 9.59 Å². The van der Waals surface area contributed by atoms with Gasteiger partial charge in [-0.1, -0.05) is 62.2 Å². The Labute approximate surface area is 214 Å². The highest BCUT2D eigenvalue weighted by Gasteiger charge is 2.57. The summed E-state index contributed by atoms with van der Waals surface area (Å²) in [6.45, 7) is 5.62. The van der Waals surface area contributed by atoms with Gasteiger partial charge in [0, 0.05) is 27.9 Å². The van der Waals surface area contributed by atoms with E-state index < -0.39 is 34.7 Å². The zero-order chi connectivity index (χ0) is 26.0. The first kappa shape index (κ1) is 26.8. The second kappa shape index (κ2) is 10.5. The molecule has 0 spiro atoms. The fourth-order valence-electron chi connectivity index (χ4n) is 4.66. The summed E-state index contributed by atoms with van der Waals surface area (Å²) in [5.41, 5.74) is 5.47. The molecule has 0 heterocycles. The lowest BCUT2D eigenvalue weighted by Gasteiger charge is -2.39. The fraction of sp³-hybridized carbons (Fsp3) is 0.423. The number of carboxylic acid groups (broad SMARTS) is 1. The van der Waals surface area contributed by atoms with E-state index in [1.54, 1.807) is 49.4 Å². The lowest BCUT2D eigenvalue weighted by atomic mass is 9.65. The predicted octanol–water partition coefficient (Wildman–Crippen LogP) is 4.61. The minimum atomic E-state index is -1.14. The SMILES string of the molecule is CC1(C(N)=O)CCC(C(=O)N[C@@H](Cc2ccc(OCc3c(Cl)cccc3Cl)cc2)C(=O)O)C1(C)C. The van der Waals surface area contributed by atoms with Crippen LogP contribution >= 0.6 is 23.2 Å². The van der Waals surface area contributed by atoms with Gasteiger partial charge in [-0.15, -0.1) is 0 Å². The van der Waals surface area contributed by atoms with Crippen molar-refractivity contribution in [3.8, 4) is 5.75 Å². The molecular weight excluding hydrogens is 491 g/mol. The molecule has 9 heteroatoms. The van der Waals surface area contributed by atoms with Gasteiger partial charge in [0.05, 0.1) is 5.41 Å². The Bertz CT molecular complexity index is 1100. The largest absolute Gasteiger partial charge is 0.489 e. The van der Waals surface area contributed by atoms with Gasteiger partial charge in [0.2, 0.25) is 11.8 Å². The van der Waals surface area contributed by atoms with Crippen molar-refractivity contribution in [1.29, 1.82) is 0 Å². The molecule has 0 aromatic heterocycles. The van der Waals surface area contributed by atoms with Crippen molar-refractivity contribution in [3.05, 3.63) is 63.6 Å². The lowest BCUT2D eigenvalue weighted by Crippen LogP contribution is -2.51. The van der Waals surface area contributed by atoms with Crippen LogP contribution in [0.15, 0.2) is 42.5 Å². The smallest absolute Gasteiger partial charge is 0.326 e. The van der Waals surface area contributed by atoms with E-state index in [1.165, 1.54) is 0 Å². The van der Waals surface area contributed by atoms with Crippen LogP contribution in [-0.4, -0.2) is 28.9 Å². The van der Waals surface area contributed by atoms with E-state index in [1.807, 2.05) is 13.8 Å². The second-order valence-corrected chi connectivity index (χ2v) is 10.6. The highest BCUT2D eigenvalue weighted by Crippen LogP contribution is 2.55. The van der Waals surface area contributed by atoms with Gasteiger partial charge in [-0.05, 0) is 48.1 Å². The van der Waals surface area contributed by atoms with Crippen LogP contribution in [0.5, 0.6) is 5.75 Å². The number of halogens is 2. The molecule has 2 amide bonds. The Hall–Kier alpha value is -2.77. The standard InChI is InChI=1S/C26H30Cl2N2O5/c1-25(2)18(11-12-26(25,3)24(29)34)22(31)30-21(23(32)33)13-15-7-9-16(10-8-15)35-14-17-19(27)5-4-6-20(17)28/h4-10,18,21H,11-14H2,1-3H3,(H2,29,34)(H,30,31)(H,32,33)/t18?,21-,26?/m0/s1. The van der Waals surface area contributed by atoms with E-state index in [2.05, 4.69) is 5.32 Å². The number of ether oxygens (including phenoxy) is 1. The molecule has 0 saturated heterocycles. The van der Waals surface area contributed by atoms with Gasteiger partial charge in [-0.25, -0.2) is 4.79 Å². The summed E-state index contributed by atoms with van der Waals surface area (Å²) in [4.78, 5) is 37.0. The summed E-state index contributed by atoms with van der Waals surface area (Å²) in [6, 6.07) is 11.0. The molecule has 0 bridgehead atoms. The molecule has 188 valence electrons. The molecule has 2 aromatic carbocycles. The van der Waals surface area contributed by atoms with Crippen molar-refractivity contribution in [1.82, 2.24) is 5.32 Å². The Morgan fingerprint density at radius 3 is 2.23 bits per heavy atom. The predicted molar refractivity (Wildman–Crippen MR) is 134 cm³/mol. The van der Waals surface area contributed by atoms with E-state index in [4.69, 9.17) is 33.7 Å². The van der Waals surface area contributed by atoms with E-state index in [0.717, 1.165) is 0 Å². The summed E-state index contributed by atoms with van der Waals surface area (Å²) >= 11 is 12.3. The number of nitrogens with two attached hydrogens (primary N) is 1. The molecule has 35 heavy (non-hydrogen) atoms. The Morgan fingerprint density at radius 2 is 1.71 bits per heavy atom. The van der Waals surface area contributed by atoms with Crippen LogP contribution in [0.4, 0.5) is 0 Å². The minimum Gasteiger partial charge on any atom is -0.489 e. The Kier molecular flexibility index (Phi) is 8.02. The average Bonchev–Trinajstić information content (AvgIpc) is 3.03. The molecule has 2 unspecified atom stereocenters. The summed E-state index contributed by atoms with van der Waals surface area (Å²) in [7, 11) is 0. The van der Waals surface area contributed by atoms with Crippen molar-refractivity contribution in [2.45, 2.75) is 52.7 Å². The number of aliphatic carboxylic acids is 1. The molecule has 1 aliphatic rings. The van der Waals surface area contributed by atoms with Gasteiger partial charge in [0.15, 0.2) is 0 Å². The fourth-order valence-corrected chi connectivity index (χ4v) is 5.16. The van der Waals surface area contributed by atoms with Crippen molar-refractivity contribution < 1.29 is 24.2 Å². The highest BCUT2D eigenvalue weighted by atomic mass is 35.5. The number of hydrogen-bond donors (Lipinski definition) is 3. The van der Waals surface area contributed by atoms with Crippen LogP contribution in [0.25, 0.3) is 0 Å². The van der Waals surface area contributed by atoms with E-state index in [9.17, 15) is 19.5 Å². The first-order chi connectivity index (χ1) is 16.4. The lowest BCUT2D eigenvalue weighted by molar-refractivity contribution is -0.144. The second-order valence-electron chi connectivity index (χ2n) is 9.75. The van der Waals surface area contributed by atoms with Crippen LogP contribution < -0.4 is 15.8 Å². The maximum atomic E-state index is 13.0. The van der Waals surface area contributed by atoms with Gasteiger partial charge in [-0.2, -0.15) is 0 Å². The topological polar surface area (TPSA) is 119 Å². The number of carboxylic acids is 1. The number of hydrogen-bond acceptors (Lipinski definition) is 4. The van der Waals surface area contributed by atoms with Crippen LogP contribution in [0.1, 0.15) is 44.7 Å². The molecule has 0 aliphatic heterocycles. The van der Waals surface area contributed by atoms with Gasteiger partial charge >= 0.3 is 5.97 Å². The molecular formula is C26H30Cl2N2O5. The molecule has 1 saturated carbocycles.